The molecule has 4 unspecified atom stereocenters. The highest BCUT2D eigenvalue weighted by molar-refractivity contribution is 9.09. The van der Waals surface area contributed by atoms with Gasteiger partial charge in [0.15, 0.2) is 6.23 Å². The third-order valence-corrected chi connectivity index (χ3v) is 3.33. The minimum Gasteiger partial charge on any atom is -0.387 e. The van der Waals surface area contributed by atoms with Gasteiger partial charge >= 0.3 is 5.69 Å². The van der Waals surface area contributed by atoms with Crippen LogP contribution in [-0.2, 0) is 4.74 Å². The lowest BCUT2D eigenvalue weighted by Gasteiger charge is -2.16. The number of halogens is 2. The van der Waals surface area contributed by atoms with E-state index in [1.807, 2.05) is 0 Å². The molecule has 100 valence electrons. The van der Waals surface area contributed by atoms with Gasteiger partial charge in [0, 0.05) is 5.33 Å². The third-order valence-electron chi connectivity index (χ3n) is 2.69. The van der Waals surface area contributed by atoms with E-state index >= 15 is 0 Å². The van der Waals surface area contributed by atoms with Gasteiger partial charge in [-0.1, -0.05) is 15.9 Å². The molecular formula is C9H10BrFN2O5. The van der Waals surface area contributed by atoms with Gasteiger partial charge in [0.25, 0.3) is 5.56 Å². The van der Waals surface area contributed by atoms with Crippen LogP contribution in [-0.4, -0.2) is 43.4 Å². The highest BCUT2D eigenvalue weighted by Gasteiger charge is 2.43. The molecule has 1 aliphatic heterocycles. The molecule has 7 nitrogen and oxygen atoms in total. The number of aromatic nitrogens is 2. The second-order valence-corrected chi connectivity index (χ2v) is 4.49. The second-order valence-electron chi connectivity index (χ2n) is 3.84. The summed E-state index contributed by atoms with van der Waals surface area (Å²) >= 11 is 3.07. The summed E-state index contributed by atoms with van der Waals surface area (Å²) < 4.78 is 19.0. The predicted octanol–water partition coefficient (Wildman–Crippen LogP) is -1.31. The number of nitrogens with one attached hydrogen (secondary N) is 1. The van der Waals surface area contributed by atoms with Crippen molar-refractivity contribution >= 4 is 15.9 Å². The molecule has 2 rings (SSSR count). The van der Waals surface area contributed by atoms with Crippen molar-refractivity contribution < 1.29 is 19.3 Å². The Morgan fingerprint density at radius 2 is 2.11 bits per heavy atom. The number of rotatable bonds is 2. The summed E-state index contributed by atoms with van der Waals surface area (Å²) in [6.45, 7) is 0. The van der Waals surface area contributed by atoms with Crippen LogP contribution in [0.15, 0.2) is 15.8 Å². The van der Waals surface area contributed by atoms with E-state index in [1.165, 1.54) is 0 Å². The van der Waals surface area contributed by atoms with Gasteiger partial charge in [-0.3, -0.25) is 14.3 Å². The van der Waals surface area contributed by atoms with Gasteiger partial charge in [-0.25, -0.2) is 4.79 Å². The van der Waals surface area contributed by atoms with Crippen LogP contribution in [0.25, 0.3) is 0 Å². The maximum absolute atomic E-state index is 13.1. The SMILES string of the molecule is O=c1[nH]c(=O)n(C2OC(CBr)C(O)C2O)cc1F. The van der Waals surface area contributed by atoms with Crippen molar-refractivity contribution in [3.63, 3.8) is 0 Å². The molecular weight excluding hydrogens is 315 g/mol. The Hall–Kier alpha value is -1.03. The summed E-state index contributed by atoms with van der Waals surface area (Å²) in [5.74, 6) is -1.18. The van der Waals surface area contributed by atoms with Gasteiger partial charge < -0.3 is 14.9 Å². The zero-order valence-corrected chi connectivity index (χ0v) is 10.5. The van der Waals surface area contributed by atoms with Crippen LogP contribution in [0.5, 0.6) is 0 Å². The Labute approximate surface area is 108 Å². The first-order chi connectivity index (χ1) is 8.45. The molecule has 1 aromatic rings. The summed E-state index contributed by atoms with van der Waals surface area (Å²) in [6.07, 6.45) is -3.95. The largest absolute Gasteiger partial charge is 0.387 e. The number of aliphatic hydroxyl groups is 2. The average Bonchev–Trinajstić information content (AvgIpc) is 2.61. The zero-order chi connectivity index (χ0) is 13.4. The van der Waals surface area contributed by atoms with Crippen LogP contribution >= 0.6 is 15.9 Å². The van der Waals surface area contributed by atoms with Crippen LogP contribution in [0.2, 0.25) is 0 Å². The Morgan fingerprint density at radius 3 is 2.67 bits per heavy atom. The lowest BCUT2D eigenvalue weighted by molar-refractivity contribution is -0.0344. The second kappa shape index (κ2) is 4.92. The molecule has 1 saturated heterocycles. The van der Waals surface area contributed by atoms with E-state index in [4.69, 9.17) is 4.74 Å². The molecule has 0 saturated carbocycles. The van der Waals surface area contributed by atoms with Crippen molar-refractivity contribution in [2.24, 2.45) is 0 Å². The van der Waals surface area contributed by atoms with Gasteiger partial charge in [0.1, 0.15) is 12.2 Å². The first-order valence-electron chi connectivity index (χ1n) is 5.04. The molecule has 0 spiro atoms. The van der Waals surface area contributed by atoms with E-state index in [0.717, 1.165) is 0 Å². The lowest BCUT2D eigenvalue weighted by atomic mass is 10.1. The van der Waals surface area contributed by atoms with Crippen LogP contribution in [0.3, 0.4) is 0 Å². The first-order valence-corrected chi connectivity index (χ1v) is 6.16. The maximum atomic E-state index is 13.1. The molecule has 18 heavy (non-hydrogen) atoms. The number of alkyl halides is 1. The fourth-order valence-corrected chi connectivity index (χ4v) is 2.27. The summed E-state index contributed by atoms with van der Waals surface area (Å²) in [7, 11) is 0. The number of H-pyrrole nitrogens is 1. The Kier molecular flexibility index (Phi) is 3.66. The fourth-order valence-electron chi connectivity index (χ4n) is 1.74. The predicted molar refractivity (Wildman–Crippen MR) is 61.0 cm³/mol. The Bertz CT molecular complexity index is 559. The third kappa shape index (κ3) is 2.14. The van der Waals surface area contributed by atoms with E-state index in [-0.39, 0.29) is 5.33 Å². The molecule has 9 heteroatoms. The van der Waals surface area contributed by atoms with E-state index < -0.39 is 41.6 Å². The minimum absolute atomic E-state index is 0.238. The van der Waals surface area contributed by atoms with Gasteiger partial charge in [0.2, 0.25) is 5.82 Å². The number of hydrogen-bond acceptors (Lipinski definition) is 5. The topological polar surface area (TPSA) is 105 Å². The number of hydrogen-bond donors (Lipinski definition) is 3. The normalized spacial score (nSPS) is 31.8. The van der Waals surface area contributed by atoms with Gasteiger partial charge in [-0.2, -0.15) is 4.39 Å². The number of nitrogens with zero attached hydrogens (tertiary/aromatic N) is 1. The molecule has 1 fully saturated rings. The first kappa shape index (κ1) is 13.4. The van der Waals surface area contributed by atoms with Crippen LogP contribution in [0, 0.1) is 5.82 Å². The van der Waals surface area contributed by atoms with Crippen molar-refractivity contribution in [1.29, 1.82) is 0 Å². The summed E-state index contributed by atoms with van der Waals surface area (Å²) in [4.78, 5) is 24.1. The van der Waals surface area contributed by atoms with Gasteiger partial charge in [-0.15, -0.1) is 0 Å². The highest BCUT2D eigenvalue weighted by Crippen LogP contribution is 2.29. The van der Waals surface area contributed by atoms with E-state index in [2.05, 4.69) is 15.9 Å². The molecule has 4 atom stereocenters. The summed E-state index contributed by atoms with van der Waals surface area (Å²) in [5, 5.41) is 19.6. The highest BCUT2D eigenvalue weighted by atomic mass is 79.9. The van der Waals surface area contributed by atoms with Crippen molar-refractivity contribution in [2.75, 3.05) is 5.33 Å². The van der Waals surface area contributed by atoms with Crippen molar-refractivity contribution in [3.8, 4) is 0 Å². The van der Waals surface area contributed by atoms with E-state index in [0.29, 0.717) is 10.8 Å². The van der Waals surface area contributed by atoms with E-state index in [1.54, 1.807) is 4.98 Å². The van der Waals surface area contributed by atoms with Crippen LogP contribution in [0.1, 0.15) is 6.23 Å². The molecule has 0 amide bonds. The summed E-state index contributed by atoms with van der Waals surface area (Å²) in [5.41, 5.74) is -2.07. The molecule has 0 aromatic carbocycles. The average molecular weight is 325 g/mol. The van der Waals surface area contributed by atoms with Gasteiger partial charge in [0.05, 0.1) is 12.3 Å². The molecule has 1 aliphatic rings. The minimum atomic E-state index is -1.39. The standard InChI is InChI=1S/C9H10BrFN2O5/c10-1-4-5(14)6(15)8(18-4)13-2-3(11)7(16)12-9(13)17/h2,4-6,8,14-15H,1H2,(H,12,16,17). The molecule has 1 aromatic heterocycles. The zero-order valence-electron chi connectivity index (χ0n) is 8.92. The fraction of sp³-hybridized carbons (Fsp3) is 0.556. The number of ether oxygens (including phenoxy) is 1. The number of aromatic amines is 1. The van der Waals surface area contributed by atoms with Crippen molar-refractivity contribution in [1.82, 2.24) is 9.55 Å². The van der Waals surface area contributed by atoms with Crippen LogP contribution < -0.4 is 11.2 Å². The van der Waals surface area contributed by atoms with Crippen molar-refractivity contribution in [2.45, 2.75) is 24.5 Å². The lowest BCUT2D eigenvalue weighted by Crippen LogP contribution is -2.38. The maximum Gasteiger partial charge on any atom is 0.330 e. The molecule has 3 N–H and O–H groups in total. The number of aliphatic hydroxyl groups excluding tert-OH is 2. The van der Waals surface area contributed by atoms with Gasteiger partial charge in [-0.05, 0) is 0 Å². The Morgan fingerprint density at radius 1 is 1.44 bits per heavy atom. The van der Waals surface area contributed by atoms with Crippen molar-refractivity contribution in [3.05, 3.63) is 32.9 Å². The van der Waals surface area contributed by atoms with Crippen LogP contribution in [0.4, 0.5) is 4.39 Å². The molecule has 0 aliphatic carbocycles. The molecule has 2 heterocycles. The molecule has 0 bridgehead atoms. The quantitative estimate of drug-likeness (QED) is 0.586. The van der Waals surface area contributed by atoms with E-state index in [9.17, 15) is 24.2 Å². The Balaban J connectivity index is 2.42. The monoisotopic (exact) mass is 324 g/mol. The summed E-state index contributed by atoms with van der Waals surface area (Å²) in [6, 6.07) is 0. The smallest absolute Gasteiger partial charge is 0.330 e. The molecule has 0 radical (unpaired) electrons.